The largest absolute Gasteiger partial charge is 0.381 e. The van der Waals surface area contributed by atoms with Crippen LogP contribution >= 0.6 is 24.0 Å². The fraction of sp³-hybridized carbons (Fsp3) is 0.933. The van der Waals surface area contributed by atoms with Gasteiger partial charge in [0.25, 0.3) is 0 Å². The second-order valence-corrected chi connectivity index (χ2v) is 6.03. The van der Waals surface area contributed by atoms with Crippen molar-refractivity contribution in [1.29, 1.82) is 0 Å². The molecule has 0 aromatic heterocycles. The highest BCUT2D eigenvalue weighted by Crippen LogP contribution is 2.28. The van der Waals surface area contributed by atoms with Gasteiger partial charge >= 0.3 is 0 Å². The van der Waals surface area contributed by atoms with Gasteiger partial charge < -0.3 is 20.3 Å². The Hall–Kier alpha value is -0.0800. The number of aliphatic imine (C=N–C) groups is 1. The lowest BCUT2D eigenvalue weighted by Gasteiger charge is -2.21. The SMILES string of the molecule is CN=C(NCCCOCC1CC1)NCC1CCCN1C.I. The van der Waals surface area contributed by atoms with Crippen LogP contribution in [-0.4, -0.2) is 63.8 Å². The number of nitrogens with zero attached hydrogens (tertiary/aromatic N) is 2. The zero-order chi connectivity index (χ0) is 14.2. The molecule has 1 aliphatic heterocycles. The Morgan fingerprint density at radius 2 is 2.10 bits per heavy atom. The zero-order valence-corrected chi connectivity index (χ0v) is 15.8. The second kappa shape index (κ2) is 10.6. The van der Waals surface area contributed by atoms with Gasteiger partial charge in [-0.15, -0.1) is 24.0 Å². The van der Waals surface area contributed by atoms with Crippen molar-refractivity contribution in [1.82, 2.24) is 15.5 Å². The molecule has 2 N–H and O–H groups in total. The molecule has 1 unspecified atom stereocenters. The van der Waals surface area contributed by atoms with Gasteiger partial charge in [0.2, 0.25) is 0 Å². The minimum absolute atomic E-state index is 0. The normalized spacial score (nSPS) is 23.0. The fourth-order valence-corrected chi connectivity index (χ4v) is 2.59. The van der Waals surface area contributed by atoms with Crippen LogP contribution in [0.3, 0.4) is 0 Å². The van der Waals surface area contributed by atoms with Crippen molar-refractivity contribution in [2.45, 2.75) is 38.1 Å². The van der Waals surface area contributed by atoms with E-state index in [0.717, 1.165) is 44.6 Å². The van der Waals surface area contributed by atoms with Gasteiger partial charge in [0.1, 0.15) is 0 Å². The predicted octanol–water partition coefficient (Wildman–Crippen LogP) is 1.68. The quantitative estimate of drug-likeness (QED) is 0.277. The molecule has 124 valence electrons. The summed E-state index contributed by atoms with van der Waals surface area (Å²) < 4.78 is 5.62. The van der Waals surface area contributed by atoms with Crippen molar-refractivity contribution >= 4 is 29.9 Å². The van der Waals surface area contributed by atoms with Crippen LogP contribution in [0.25, 0.3) is 0 Å². The van der Waals surface area contributed by atoms with E-state index in [1.165, 1.54) is 32.2 Å². The van der Waals surface area contributed by atoms with Crippen molar-refractivity contribution in [2.24, 2.45) is 10.9 Å². The first kappa shape index (κ1) is 19.0. The molecular formula is C15H31IN4O. The number of hydrogen-bond acceptors (Lipinski definition) is 3. The molecule has 2 rings (SSSR count). The topological polar surface area (TPSA) is 48.9 Å². The van der Waals surface area contributed by atoms with E-state index in [0.29, 0.717) is 6.04 Å². The lowest BCUT2D eigenvalue weighted by atomic mass is 10.2. The third-order valence-corrected chi connectivity index (χ3v) is 4.21. The summed E-state index contributed by atoms with van der Waals surface area (Å²) in [6, 6.07) is 0.649. The summed E-state index contributed by atoms with van der Waals surface area (Å²) in [5.74, 6) is 1.77. The van der Waals surface area contributed by atoms with Crippen LogP contribution in [0.15, 0.2) is 4.99 Å². The average Bonchev–Trinajstić information content (AvgIpc) is 3.19. The molecule has 0 radical (unpaired) electrons. The van der Waals surface area contributed by atoms with Crippen LogP contribution in [0.5, 0.6) is 0 Å². The summed E-state index contributed by atoms with van der Waals surface area (Å²) in [7, 11) is 4.03. The van der Waals surface area contributed by atoms with Crippen molar-refractivity contribution in [3.05, 3.63) is 0 Å². The van der Waals surface area contributed by atoms with Crippen LogP contribution in [0.2, 0.25) is 0 Å². The first-order chi connectivity index (χ1) is 9.79. The Kier molecular flexibility index (Phi) is 9.59. The van der Waals surface area contributed by atoms with Crippen molar-refractivity contribution in [2.75, 3.05) is 46.9 Å². The van der Waals surface area contributed by atoms with Gasteiger partial charge in [-0.05, 0) is 51.6 Å². The Bertz CT molecular complexity index is 310. The molecule has 1 atom stereocenters. The van der Waals surface area contributed by atoms with Crippen LogP contribution < -0.4 is 10.6 Å². The maximum absolute atomic E-state index is 5.62. The molecule has 0 amide bonds. The van der Waals surface area contributed by atoms with Gasteiger partial charge in [0, 0.05) is 39.4 Å². The molecule has 1 saturated carbocycles. The fourth-order valence-electron chi connectivity index (χ4n) is 2.59. The molecular weight excluding hydrogens is 379 g/mol. The summed E-state index contributed by atoms with van der Waals surface area (Å²) in [6.45, 7) is 4.93. The van der Waals surface area contributed by atoms with E-state index in [-0.39, 0.29) is 24.0 Å². The first-order valence-electron chi connectivity index (χ1n) is 8.02. The molecule has 2 fully saturated rings. The molecule has 0 aromatic carbocycles. The molecule has 0 aromatic rings. The lowest BCUT2D eigenvalue weighted by molar-refractivity contribution is 0.123. The van der Waals surface area contributed by atoms with Crippen LogP contribution in [0.1, 0.15) is 32.1 Å². The van der Waals surface area contributed by atoms with Gasteiger partial charge in [-0.25, -0.2) is 0 Å². The number of guanidine groups is 1. The van der Waals surface area contributed by atoms with E-state index in [1.807, 2.05) is 7.05 Å². The van der Waals surface area contributed by atoms with Crippen molar-refractivity contribution < 1.29 is 4.74 Å². The van der Waals surface area contributed by atoms with Crippen LogP contribution in [0.4, 0.5) is 0 Å². The van der Waals surface area contributed by atoms with Gasteiger partial charge in [-0.1, -0.05) is 0 Å². The molecule has 1 heterocycles. The van der Waals surface area contributed by atoms with Gasteiger partial charge in [-0.3, -0.25) is 4.99 Å². The third kappa shape index (κ3) is 7.65. The maximum atomic E-state index is 5.62. The smallest absolute Gasteiger partial charge is 0.191 e. The number of rotatable bonds is 8. The van der Waals surface area contributed by atoms with E-state index < -0.39 is 0 Å². The number of hydrogen-bond donors (Lipinski definition) is 2. The lowest BCUT2D eigenvalue weighted by Crippen LogP contribution is -2.44. The maximum Gasteiger partial charge on any atom is 0.191 e. The molecule has 6 heteroatoms. The zero-order valence-electron chi connectivity index (χ0n) is 13.4. The molecule has 1 aliphatic carbocycles. The number of likely N-dealkylation sites (N-methyl/N-ethyl adjacent to an activating group) is 1. The van der Waals surface area contributed by atoms with Crippen LogP contribution in [0, 0.1) is 5.92 Å². The monoisotopic (exact) mass is 410 g/mol. The van der Waals surface area contributed by atoms with Gasteiger partial charge in [-0.2, -0.15) is 0 Å². The first-order valence-corrected chi connectivity index (χ1v) is 8.02. The Labute approximate surface area is 146 Å². The number of nitrogens with one attached hydrogen (secondary N) is 2. The predicted molar refractivity (Wildman–Crippen MR) is 98.6 cm³/mol. The highest BCUT2D eigenvalue weighted by molar-refractivity contribution is 14.0. The molecule has 0 spiro atoms. The van der Waals surface area contributed by atoms with Gasteiger partial charge in [0.05, 0.1) is 0 Å². The van der Waals surface area contributed by atoms with E-state index >= 15 is 0 Å². The summed E-state index contributed by atoms with van der Waals surface area (Å²) >= 11 is 0. The van der Waals surface area contributed by atoms with Crippen molar-refractivity contribution in [3.63, 3.8) is 0 Å². The standard InChI is InChI=1S/C15H30N4O.HI/c1-16-15(18-11-14-5-3-9-19(14)2)17-8-4-10-20-12-13-6-7-13;/h13-14H,3-12H2,1-2H3,(H2,16,17,18);1H. The summed E-state index contributed by atoms with van der Waals surface area (Å²) in [4.78, 5) is 6.69. The highest BCUT2D eigenvalue weighted by atomic mass is 127. The Morgan fingerprint density at radius 1 is 1.29 bits per heavy atom. The van der Waals surface area contributed by atoms with Gasteiger partial charge in [0.15, 0.2) is 5.96 Å². The van der Waals surface area contributed by atoms with E-state index in [2.05, 4.69) is 27.6 Å². The van der Waals surface area contributed by atoms with E-state index in [4.69, 9.17) is 4.74 Å². The van der Waals surface area contributed by atoms with Crippen LogP contribution in [-0.2, 0) is 4.74 Å². The molecule has 5 nitrogen and oxygen atoms in total. The average molecular weight is 410 g/mol. The second-order valence-electron chi connectivity index (χ2n) is 6.03. The molecule has 2 aliphatic rings. The molecule has 21 heavy (non-hydrogen) atoms. The number of halogens is 1. The third-order valence-electron chi connectivity index (χ3n) is 4.21. The summed E-state index contributed by atoms with van der Waals surface area (Å²) in [5, 5.41) is 6.77. The summed E-state index contributed by atoms with van der Waals surface area (Å²) in [5.41, 5.74) is 0. The Balaban J connectivity index is 0.00000220. The number of ether oxygens (including phenoxy) is 1. The van der Waals surface area contributed by atoms with Crippen molar-refractivity contribution in [3.8, 4) is 0 Å². The highest BCUT2D eigenvalue weighted by Gasteiger charge is 2.21. The Morgan fingerprint density at radius 3 is 2.71 bits per heavy atom. The minimum atomic E-state index is 0. The molecule has 1 saturated heterocycles. The molecule has 0 bridgehead atoms. The van der Waals surface area contributed by atoms with E-state index in [1.54, 1.807) is 0 Å². The number of likely N-dealkylation sites (tertiary alicyclic amines) is 1. The minimum Gasteiger partial charge on any atom is -0.381 e. The van der Waals surface area contributed by atoms with E-state index in [9.17, 15) is 0 Å². The summed E-state index contributed by atoms with van der Waals surface area (Å²) in [6.07, 6.45) is 6.37.